The van der Waals surface area contributed by atoms with E-state index in [0.29, 0.717) is 21.9 Å². The number of nitrogens with one attached hydrogen (secondary N) is 1. The molecule has 1 aromatic rings. The number of hydrogen-bond acceptors (Lipinski definition) is 5. The van der Waals surface area contributed by atoms with Gasteiger partial charge in [-0.2, -0.15) is 5.10 Å². The van der Waals surface area contributed by atoms with Crippen molar-refractivity contribution in [2.45, 2.75) is 13.5 Å². The molecule has 0 aliphatic rings. The molecule has 0 saturated heterocycles. The molecule has 0 bridgehead atoms. The van der Waals surface area contributed by atoms with Crippen LogP contribution >= 0.6 is 12.2 Å². The van der Waals surface area contributed by atoms with Crippen molar-refractivity contribution in [1.82, 2.24) is 15.3 Å². The number of aromatic nitrogens is 1. The van der Waals surface area contributed by atoms with Crippen LogP contribution in [0.15, 0.2) is 11.3 Å². The van der Waals surface area contributed by atoms with Gasteiger partial charge in [0.05, 0.1) is 18.5 Å². The lowest BCUT2D eigenvalue weighted by Crippen LogP contribution is -2.30. The van der Waals surface area contributed by atoms with Gasteiger partial charge < -0.3 is 15.1 Å². The van der Waals surface area contributed by atoms with Crippen LogP contribution in [0, 0.1) is 6.92 Å². The summed E-state index contributed by atoms with van der Waals surface area (Å²) >= 11 is 4.99. The number of aliphatic hydroxyl groups excluding tert-OH is 1. The summed E-state index contributed by atoms with van der Waals surface area (Å²) in [7, 11) is 3.58. The Balaban J connectivity index is 2.93. The molecule has 1 aromatic heterocycles. The summed E-state index contributed by atoms with van der Waals surface area (Å²) in [6.45, 7) is 1.45. The van der Waals surface area contributed by atoms with Crippen molar-refractivity contribution in [2.24, 2.45) is 5.10 Å². The number of pyridine rings is 1. The van der Waals surface area contributed by atoms with Crippen LogP contribution in [0.1, 0.15) is 16.8 Å². The van der Waals surface area contributed by atoms with Crippen LogP contribution in [0.25, 0.3) is 0 Å². The van der Waals surface area contributed by atoms with Crippen molar-refractivity contribution in [1.29, 1.82) is 0 Å². The lowest BCUT2D eigenvalue weighted by molar-refractivity contribution is 0.280. The van der Waals surface area contributed by atoms with E-state index in [1.165, 1.54) is 12.4 Å². The fourth-order valence-electron chi connectivity index (χ4n) is 1.17. The van der Waals surface area contributed by atoms with Gasteiger partial charge in [0.2, 0.25) is 0 Å². The Morgan fingerprint density at radius 1 is 1.61 bits per heavy atom. The molecule has 0 radical (unpaired) electrons. The molecule has 1 heterocycles. The van der Waals surface area contributed by atoms with Crippen LogP contribution in [-0.2, 0) is 6.61 Å². The van der Waals surface area contributed by atoms with Gasteiger partial charge in [-0.1, -0.05) is 0 Å². The smallest absolute Gasteiger partial charge is 0.189 e. The number of aromatic hydroxyl groups is 1. The number of hydrogen-bond donors (Lipinski definition) is 3. The molecule has 98 valence electrons. The van der Waals surface area contributed by atoms with E-state index in [-0.39, 0.29) is 12.4 Å². The minimum absolute atomic E-state index is 0.00266. The Morgan fingerprint density at radius 2 is 2.28 bits per heavy atom. The maximum atomic E-state index is 9.85. The quantitative estimate of drug-likeness (QED) is 0.417. The van der Waals surface area contributed by atoms with Gasteiger partial charge in [0.15, 0.2) is 5.11 Å². The van der Waals surface area contributed by atoms with Gasteiger partial charge in [0.25, 0.3) is 0 Å². The third kappa shape index (κ3) is 3.38. The maximum Gasteiger partial charge on any atom is 0.189 e. The minimum Gasteiger partial charge on any atom is -0.505 e. The zero-order chi connectivity index (χ0) is 13.7. The van der Waals surface area contributed by atoms with E-state index >= 15 is 0 Å². The molecule has 6 nitrogen and oxygen atoms in total. The topological polar surface area (TPSA) is 81.0 Å². The highest BCUT2D eigenvalue weighted by Crippen LogP contribution is 2.21. The van der Waals surface area contributed by atoms with Gasteiger partial charge in [0.1, 0.15) is 5.75 Å². The van der Waals surface area contributed by atoms with Crippen LogP contribution in [0.3, 0.4) is 0 Å². The van der Waals surface area contributed by atoms with E-state index in [9.17, 15) is 5.11 Å². The highest BCUT2D eigenvalue weighted by atomic mass is 32.1. The molecule has 0 aromatic carbocycles. The molecular weight excluding hydrogens is 252 g/mol. The molecule has 1 rings (SSSR count). The Hall–Kier alpha value is -1.73. The second-order valence-electron chi connectivity index (χ2n) is 3.86. The molecule has 0 unspecified atom stereocenters. The first-order valence-electron chi connectivity index (χ1n) is 5.26. The number of nitrogens with zero attached hydrogens (tertiary/aromatic N) is 3. The van der Waals surface area contributed by atoms with Crippen LogP contribution in [0.4, 0.5) is 0 Å². The first-order valence-corrected chi connectivity index (χ1v) is 5.66. The van der Waals surface area contributed by atoms with E-state index in [1.807, 2.05) is 0 Å². The molecule has 0 aliphatic carbocycles. The van der Waals surface area contributed by atoms with Gasteiger partial charge in [0, 0.05) is 31.4 Å². The summed E-state index contributed by atoms with van der Waals surface area (Å²) in [6, 6.07) is 0. The fourth-order valence-corrected chi connectivity index (χ4v) is 1.23. The Morgan fingerprint density at radius 3 is 2.83 bits per heavy atom. The third-order valence-corrected chi connectivity index (χ3v) is 2.74. The largest absolute Gasteiger partial charge is 0.505 e. The van der Waals surface area contributed by atoms with E-state index in [0.717, 1.165) is 0 Å². The fraction of sp³-hybridized carbons (Fsp3) is 0.364. The molecule has 0 fully saturated rings. The monoisotopic (exact) mass is 268 g/mol. The molecule has 0 amide bonds. The van der Waals surface area contributed by atoms with Crippen molar-refractivity contribution >= 4 is 23.5 Å². The van der Waals surface area contributed by atoms with E-state index in [2.05, 4.69) is 15.5 Å². The average molecular weight is 268 g/mol. The summed E-state index contributed by atoms with van der Waals surface area (Å²) in [5, 5.41) is 23.4. The highest BCUT2D eigenvalue weighted by molar-refractivity contribution is 7.80. The van der Waals surface area contributed by atoms with Gasteiger partial charge in [-0.3, -0.25) is 10.4 Å². The average Bonchev–Trinajstić information content (AvgIpc) is 2.34. The number of aryl methyl sites for hydroxylation is 1. The summed E-state index contributed by atoms with van der Waals surface area (Å²) in [6.07, 6.45) is 2.91. The number of hydrazone groups is 1. The minimum atomic E-state index is -0.222. The number of aliphatic hydroxyl groups is 1. The molecule has 3 N–H and O–H groups in total. The van der Waals surface area contributed by atoms with Crippen molar-refractivity contribution in [3.05, 3.63) is 23.0 Å². The molecule has 7 heteroatoms. The van der Waals surface area contributed by atoms with Crippen molar-refractivity contribution in [3.63, 3.8) is 0 Å². The molecule has 0 aliphatic heterocycles. The number of thiocarbonyl (C=S) groups is 1. The Kier molecular flexibility index (Phi) is 4.99. The van der Waals surface area contributed by atoms with Gasteiger partial charge in [-0.15, -0.1) is 0 Å². The van der Waals surface area contributed by atoms with E-state index < -0.39 is 0 Å². The van der Waals surface area contributed by atoms with Gasteiger partial charge in [-0.05, 0) is 19.1 Å². The highest BCUT2D eigenvalue weighted by Gasteiger charge is 2.09. The summed E-state index contributed by atoms with van der Waals surface area (Å²) in [5.74, 6) is 0.00266. The van der Waals surface area contributed by atoms with Crippen LogP contribution in [0.2, 0.25) is 0 Å². The third-order valence-electron chi connectivity index (χ3n) is 2.29. The maximum absolute atomic E-state index is 9.85. The molecule has 18 heavy (non-hydrogen) atoms. The summed E-state index contributed by atoms with van der Waals surface area (Å²) < 4.78 is 0. The van der Waals surface area contributed by atoms with E-state index in [4.69, 9.17) is 17.3 Å². The predicted molar refractivity (Wildman–Crippen MR) is 73.6 cm³/mol. The first kappa shape index (κ1) is 14.3. The van der Waals surface area contributed by atoms with Crippen LogP contribution in [0.5, 0.6) is 5.75 Å². The van der Waals surface area contributed by atoms with Gasteiger partial charge >= 0.3 is 0 Å². The molecule has 0 spiro atoms. The van der Waals surface area contributed by atoms with Crippen molar-refractivity contribution in [2.75, 3.05) is 14.1 Å². The summed E-state index contributed by atoms with van der Waals surface area (Å²) in [4.78, 5) is 5.65. The number of rotatable bonds is 3. The van der Waals surface area contributed by atoms with Crippen molar-refractivity contribution < 1.29 is 10.2 Å². The predicted octanol–water partition coefficient (Wildman–Crippen LogP) is 0.358. The molecule has 0 saturated carbocycles. The second kappa shape index (κ2) is 6.27. The first-order chi connectivity index (χ1) is 8.47. The lowest BCUT2D eigenvalue weighted by atomic mass is 10.1. The zero-order valence-corrected chi connectivity index (χ0v) is 11.3. The van der Waals surface area contributed by atoms with Gasteiger partial charge in [-0.25, -0.2) is 0 Å². The zero-order valence-electron chi connectivity index (χ0n) is 10.5. The Bertz CT molecular complexity index is 474. The van der Waals surface area contributed by atoms with Crippen LogP contribution in [-0.4, -0.2) is 45.5 Å². The van der Waals surface area contributed by atoms with E-state index in [1.54, 1.807) is 25.9 Å². The lowest BCUT2D eigenvalue weighted by Gasteiger charge is -2.12. The molecule has 0 atom stereocenters. The summed E-state index contributed by atoms with van der Waals surface area (Å²) in [5.41, 5.74) is 4.05. The normalized spacial score (nSPS) is 10.7. The standard InChI is InChI=1S/C11H16N4O2S/c1-7-10(17)9(8(6-16)4-12-7)5-13-14-11(18)15(2)3/h4-5,16-17H,6H2,1-3H3,(H,14,18)/b13-5+. The van der Waals surface area contributed by atoms with Crippen LogP contribution < -0.4 is 5.43 Å². The second-order valence-corrected chi connectivity index (χ2v) is 4.25. The Labute approximate surface area is 111 Å². The SMILES string of the molecule is Cc1ncc(CO)c(/C=N/NC(=S)N(C)C)c1O. The van der Waals surface area contributed by atoms with Crippen molar-refractivity contribution in [3.8, 4) is 5.75 Å². The molecular formula is C11H16N4O2S.